The quantitative estimate of drug-likeness (QED) is 0.883. The summed E-state index contributed by atoms with van der Waals surface area (Å²) in [5, 5.41) is 12.1. The van der Waals surface area contributed by atoms with Crippen molar-refractivity contribution in [3.63, 3.8) is 0 Å². The lowest BCUT2D eigenvalue weighted by Crippen LogP contribution is -2.40. The molecule has 0 saturated heterocycles. The van der Waals surface area contributed by atoms with Gasteiger partial charge in [0.15, 0.2) is 0 Å². The highest BCUT2D eigenvalue weighted by atomic mass is 16.4. The summed E-state index contributed by atoms with van der Waals surface area (Å²) < 4.78 is 0. The van der Waals surface area contributed by atoms with Crippen molar-refractivity contribution in [3.8, 4) is 0 Å². The maximum atomic E-state index is 12.3. The van der Waals surface area contributed by atoms with Gasteiger partial charge in [-0.25, -0.2) is 0 Å². The number of nitrogens with zero attached hydrogens (tertiary/aromatic N) is 1. The predicted molar refractivity (Wildman–Crippen MR) is 73.9 cm³/mol. The van der Waals surface area contributed by atoms with E-state index in [2.05, 4.69) is 10.3 Å². The number of amides is 1. The summed E-state index contributed by atoms with van der Waals surface area (Å²) in [5.74, 6) is -1.99. The molecule has 1 aromatic rings. The van der Waals surface area contributed by atoms with E-state index in [-0.39, 0.29) is 11.9 Å². The second kappa shape index (κ2) is 6.50. The molecular weight excluding hydrogens is 256 g/mol. The first-order valence-corrected chi connectivity index (χ1v) is 7.02. The molecule has 0 radical (unpaired) electrons. The molecule has 2 N–H and O–H groups in total. The lowest BCUT2D eigenvalue weighted by molar-refractivity contribution is -0.149. The largest absolute Gasteiger partial charge is 0.481 e. The van der Waals surface area contributed by atoms with Gasteiger partial charge in [-0.2, -0.15) is 0 Å². The van der Waals surface area contributed by atoms with Crippen molar-refractivity contribution in [1.29, 1.82) is 0 Å². The average Bonchev–Trinajstić information content (AvgIpc) is 2.48. The van der Waals surface area contributed by atoms with Crippen LogP contribution in [0.2, 0.25) is 0 Å². The molecule has 20 heavy (non-hydrogen) atoms. The van der Waals surface area contributed by atoms with Gasteiger partial charge in [0.2, 0.25) is 5.91 Å². The molecule has 1 heterocycles. The maximum Gasteiger partial charge on any atom is 0.307 e. The number of pyridine rings is 1. The van der Waals surface area contributed by atoms with Gasteiger partial charge >= 0.3 is 5.97 Å². The summed E-state index contributed by atoms with van der Waals surface area (Å²) in [6.45, 7) is 1.88. The Balaban J connectivity index is 2.01. The van der Waals surface area contributed by atoms with E-state index in [4.69, 9.17) is 0 Å². The maximum absolute atomic E-state index is 12.3. The zero-order chi connectivity index (χ0) is 14.5. The zero-order valence-electron chi connectivity index (χ0n) is 11.6. The second-order valence-corrected chi connectivity index (χ2v) is 5.35. The van der Waals surface area contributed by atoms with E-state index in [9.17, 15) is 14.7 Å². The Morgan fingerprint density at radius 3 is 2.65 bits per heavy atom. The molecule has 5 heteroatoms. The van der Waals surface area contributed by atoms with Crippen LogP contribution in [0.5, 0.6) is 0 Å². The summed E-state index contributed by atoms with van der Waals surface area (Å²) in [6, 6.07) is 3.55. The fraction of sp³-hybridized carbons (Fsp3) is 0.533. The van der Waals surface area contributed by atoms with Crippen molar-refractivity contribution in [2.75, 3.05) is 0 Å². The number of carbonyl (C=O) groups is 2. The van der Waals surface area contributed by atoms with Gasteiger partial charge in [-0.3, -0.25) is 14.6 Å². The molecule has 1 saturated carbocycles. The van der Waals surface area contributed by atoms with Gasteiger partial charge in [0, 0.05) is 12.4 Å². The topological polar surface area (TPSA) is 79.3 Å². The Morgan fingerprint density at radius 2 is 2.05 bits per heavy atom. The van der Waals surface area contributed by atoms with E-state index >= 15 is 0 Å². The molecule has 1 fully saturated rings. The molecule has 0 bridgehead atoms. The normalized spacial score (nSPS) is 23.9. The van der Waals surface area contributed by atoms with Crippen molar-refractivity contribution < 1.29 is 14.7 Å². The van der Waals surface area contributed by atoms with Gasteiger partial charge in [0.05, 0.1) is 17.9 Å². The lowest BCUT2D eigenvalue weighted by atomic mass is 9.78. The molecule has 1 aliphatic rings. The Hall–Kier alpha value is -1.91. The molecule has 1 unspecified atom stereocenters. The van der Waals surface area contributed by atoms with Gasteiger partial charge in [0.25, 0.3) is 0 Å². The Kier molecular flexibility index (Phi) is 4.71. The highest BCUT2D eigenvalue weighted by Crippen LogP contribution is 2.31. The summed E-state index contributed by atoms with van der Waals surface area (Å²) in [5.41, 5.74) is 0.920. The number of hydrogen-bond donors (Lipinski definition) is 2. The average molecular weight is 276 g/mol. The molecule has 0 spiro atoms. The molecule has 108 valence electrons. The van der Waals surface area contributed by atoms with Crippen LogP contribution < -0.4 is 5.32 Å². The number of carboxylic acid groups (broad SMARTS) is 1. The predicted octanol–water partition coefficient (Wildman–Crippen LogP) is 2.15. The van der Waals surface area contributed by atoms with Crippen LogP contribution >= 0.6 is 0 Å². The molecule has 0 aliphatic heterocycles. The summed E-state index contributed by atoms with van der Waals surface area (Å²) in [6.07, 6.45) is 6.44. The number of aliphatic carboxylic acids is 1. The van der Waals surface area contributed by atoms with Gasteiger partial charge in [-0.1, -0.05) is 18.9 Å². The molecule has 5 nitrogen and oxygen atoms in total. The van der Waals surface area contributed by atoms with Crippen LogP contribution in [0.25, 0.3) is 0 Å². The van der Waals surface area contributed by atoms with Crippen molar-refractivity contribution in [2.24, 2.45) is 11.8 Å². The third kappa shape index (κ3) is 3.35. The summed E-state index contributed by atoms with van der Waals surface area (Å²) in [4.78, 5) is 27.6. The molecule has 1 aromatic heterocycles. The minimum atomic E-state index is -0.862. The lowest BCUT2D eigenvalue weighted by Gasteiger charge is -2.28. The van der Waals surface area contributed by atoms with Crippen molar-refractivity contribution in [2.45, 2.75) is 38.6 Å². The Morgan fingerprint density at radius 1 is 1.35 bits per heavy atom. The van der Waals surface area contributed by atoms with Crippen LogP contribution in [0.3, 0.4) is 0 Å². The van der Waals surface area contributed by atoms with Crippen molar-refractivity contribution in [3.05, 3.63) is 30.1 Å². The smallest absolute Gasteiger partial charge is 0.307 e. The second-order valence-electron chi connectivity index (χ2n) is 5.35. The van der Waals surface area contributed by atoms with Gasteiger partial charge in [-0.05, 0) is 31.4 Å². The van der Waals surface area contributed by atoms with Gasteiger partial charge in [-0.15, -0.1) is 0 Å². The van der Waals surface area contributed by atoms with Crippen molar-refractivity contribution >= 4 is 11.9 Å². The van der Waals surface area contributed by atoms with Crippen LogP contribution in [-0.2, 0) is 9.59 Å². The monoisotopic (exact) mass is 276 g/mol. The Bertz CT molecular complexity index is 475. The number of hydrogen-bond acceptors (Lipinski definition) is 3. The fourth-order valence-electron chi connectivity index (χ4n) is 2.78. The van der Waals surface area contributed by atoms with Crippen molar-refractivity contribution in [1.82, 2.24) is 10.3 Å². The minimum Gasteiger partial charge on any atom is -0.481 e. The molecule has 3 atom stereocenters. The summed E-state index contributed by atoms with van der Waals surface area (Å²) >= 11 is 0. The van der Waals surface area contributed by atoms with Gasteiger partial charge < -0.3 is 10.4 Å². The Labute approximate surface area is 118 Å². The minimum absolute atomic E-state index is 0.159. The van der Waals surface area contributed by atoms with E-state index in [0.717, 1.165) is 18.4 Å². The highest BCUT2D eigenvalue weighted by molar-refractivity contribution is 5.85. The van der Waals surface area contributed by atoms with Crippen LogP contribution in [0, 0.1) is 11.8 Å². The van der Waals surface area contributed by atoms with E-state index < -0.39 is 17.8 Å². The molecule has 2 rings (SSSR count). The standard InChI is InChI=1S/C15H20N2O3/c1-10(11-5-4-8-16-9-11)17-14(18)12-6-2-3-7-13(12)15(19)20/h4-5,8-10,12-13H,2-3,6-7H2,1H3,(H,17,18)(H,19,20)/t10?,12-,13+/m1/s1. The number of carbonyl (C=O) groups excluding carboxylic acids is 1. The first-order valence-electron chi connectivity index (χ1n) is 7.02. The van der Waals surface area contributed by atoms with E-state index in [1.165, 1.54) is 0 Å². The van der Waals surface area contributed by atoms with E-state index in [1.807, 2.05) is 19.1 Å². The number of rotatable bonds is 4. The first kappa shape index (κ1) is 14.5. The van der Waals surface area contributed by atoms with Crippen LogP contribution in [0.1, 0.15) is 44.2 Å². The molecule has 0 aromatic carbocycles. The highest BCUT2D eigenvalue weighted by Gasteiger charge is 2.36. The van der Waals surface area contributed by atoms with Crippen LogP contribution in [0.4, 0.5) is 0 Å². The van der Waals surface area contributed by atoms with E-state index in [0.29, 0.717) is 12.8 Å². The van der Waals surface area contributed by atoms with Gasteiger partial charge in [0.1, 0.15) is 0 Å². The molecular formula is C15H20N2O3. The number of carboxylic acids is 1. The SMILES string of the molecule is CC(NC(=O)[C@@H]1CCCC[C@@H]1C(=O)O)c1cccnc1. The number of nitrogens with one attached hydrogen (secondary N) is 1. The van der Waals surface area contributed by atoms with Crippen LogP contribution in [-0.4, -0.2) is 22.0 Å². The number of aromatic nitrogens is 1. The van der Waals surface area contributed by atoms with E-state index in [1.54, 1.807) is 12.4 Å². The third-order valence-electron chi connectivity index (χ3n) is 3.96. The third-order valence-corrected chi connectivity index (χ3v) is 3.96. The first-order chi connectivity index (χ1) is 9.59. The molecule has 1 amide bonds. The summed E-state index contributed by atoms with van der Waals surface area (Å²) in [7, 11) is 0. The molecule has 1 aliphatic carbocycles. The zero-order valence-corrected chi connectivity index (χ0v) is 11.6. The fourth-order valence-corrected chi connectivity index (χ4v) is 2.78. The van der Waals surface area contributed by atoms with Crippen LogP contribution in [0.15, 0.2) is 24.5 Å².